The Kier molecular flexibility index (Phi) is 35.5. The third-order valence-electron chi connectivity index (χ3n) is 13.2. The SMILES string of the molecule is CCCCC/C=C\C/C=C\CCCCCCCC(=O)N(CCC)C(C(=O)NCCN(C)CCNC(=O)C(C1CC1)N(CCC)C(=O)CCCCCCC/C=C\C/C=C\CCCCC)C1CC1. The summed E-state index contributed by atoms with van der Waals surface area (Å²) in [5.41, 5.74) is 0. The summed E-state index contributed by atoms with van der Waals surface area (Å²) in [5, 5.41) is 6.32. The summed E-state index contributed by atoms with van der Waals surface area (Å²) >= 11 is 0. The molecule has 0 bridgehead atoms. The summed E-state index contributed by atoms with van der Waals surface area (Å²) in [6.07, 6.45) is 50.4. The van der Waals surface area contributed by atoms with Gasteiger partial charge in [0.05, 0.1) is 0 Å². The molecule has 0 heterocycles. The number of likely N-dealkylation sites (N-methyl/N-ethyl adjacent to an activating group) is 1. The van der Waals surface area contributed by atoms with E-state index in [0.29, 0.717) is 52.1 Å². The molecular weight excluding hydrogens is 819 g/mol. The van der Waals surface area contributed by atoms with Crippen LogP contribution >= 0.6 is 0 Å². The Morgan fingerprint density at radius 2 is 0.773 bits per heavy atom. The van der Waals surface area contributed by atoms with Gasteiger partial charge >= 0.3 is 0 Å². The number of rotatable bonds is 44. The number of nitrogens with zero attached hydrogens (tertiary/aromatic N) is 3. The average molecular weight is 920 g/mol. The summed E-state index contributed by atoms with van der Waals surface area (Å²) in [6, 6.07) is -0.772. The molecule has 2 aliphatic carbocycles. The van der Waals surface area contributed by atoms with Gasteiger partial charge in [-0.25, -0.2) is 0 Å². The highest BCUT2D eigenvalue weighted by atomic mass is 16.2. The first-order chi connectivity index (χ1) is 32.3. The first kappa shape index (κ1) is 58.9. The Labute approximate surface area is 405 Å². The van der Waals surface area contributed by atoms with Crippen molar-refractivity contribution in [2.24, 2.45) is 11.8 Å². The molecule has 9 heteroatoms. The molecule has 2 rings (SSSR count). The molecule has 0 aliphatic heterocycles. The number of hydrogen-bond donors (Lipinski definition) is 2. The molecule has 9 nitrogen and oxygen atoms in total. The Hall–Kier alpha value is -3.20. The van der Waals surface area contributed by atoms with Crippen molar-refractivity contribution in [1.82, 2.24) is 25.3 Å². The number of unbranched alkanes of at least 4 members (excludes halogenated alkanes) is 16. The van der Waals surface area contributed by atoms with E-state index in [1.54, 1.807) is 0 Å². The van der Waals surface area contributed by atoms with Crippen LogP contribution in [0.3, 0.4) is 0 Å². The highest BCUT2D eigenvalue weighted by Crippen LogP contribution is 2.37. The zero-order valence-corrected chi connectivity index (χ0v) is 43.4. The van der Waals surface area contributed by atoms with Gasteiger partial charge in [-0.15, -0.1) is 0 Å². The van der Waals surface area contributed by atoms with Crippen molar-refractivity contribution in [2.75, 3.05) is 46.3 Å². The van der Waals surface area contributed by atoms with Gasteiger partial charge in [0.25, 0.3) is 0 Å². The summed E-state index contributed by atoms with van der Waals surface area (Å²) in [4.78, 5) is 60.2. The zero-order valence-electron chi connectivity index (χ0n) is 43.4. The highest BCUT2D eigenvalue weighted by molar-refractivity contribution is 5.89. The van der Waals surface area contributed by atoms with Gasteiger partial charge in [-0.2, -0.15) is 0 Å². The molecule has 4 amide bonds. The van der Waals surface area contributed by atoms with Gasteiger partial charge in [0, 0.05) is 52.1 Å². The number of carbonyl (C=O) groups is 4. The minimum atomic E-state index is -0.386. The summed E-state index contributed by atoms with van der Waals surface area (Å²) < 4.78 is 0. The molecule has 2 N–H and O–H groups in total. The number of carbonyl (C=O) groups excluding carboxylic acids is 4. The first-order valence-electron chi connectivity index (χ1n) is 27.7. The van der Waals surface area contributed by atoms with Gasteiger partial charge in [-0.05, 0) is 134 Å². The predicted octanol–water partition coefficient (Wildman–Crippen LogP) is 12.8. The van der Waals surface area contributed by atoms with Gasteiger partial charge in [-0.1, -0.05) is 141 Å². The summed E-state index contributed by atoms with van der Waals surface area (Å²) in [6.45, 7) is 12.2. The lowest BCUT2D eigenvalue weighted by Crippen LogP contribution is -2.52. The number of amides is 4. The van der Waals surface area contributed by atoms with Crippen molar-refractivity contribution < 1.29 is 19.2 Å². The van der Waals surface area contributed by atoms with Crippen LogP contribution in [0.15, 0.2) is 48.6 Å². The maximum atomic E-state index is 13.6. The largest absolute Gasteiger partial charge is 0.353 e. The van der Waals surface area contributed by atoms with Crippen molar-refractivity contribution >= 4 is 23.6 Å². The lowest BCUT2D eigenvalue weighted by Gasteiger charge is -2.32. The molecule has 2 fully saturated rings. The minimum Gasteiger partial charge on any atom is -0.353 e. The van der Waals surface area contributed by atoms with Crippen molar-refractivity contribution in [3.05, 3.63) is 48.6 Å². The summed E-state index contributed by atoms with van der Waals surface area (Å²) in [7, 11) is 2.01. The van der Waals surface area contributed by atoms with Crippen molar-refractivity contribution in [3.63, 3.8) is 0 Å². The van der Waals surface area contributed by atoms with Gasteiger partial charge in [0.2, 0.25) is 23.6 Å². The molecule has 2 aliphatic rings. The lowest BCUT2D eigenvalue weighted by molar-refractivity contribution is -0.141. The molecule has 66 heavy (non-hydrogen) atoms. The van der Waals surface area contributed by atoms with Crippen LogP contribution in [0.2, 0.25) is 0 Å². The van der Waals surface area contributed by atoms with Crippen LogP contribution < -0.4 is 10.6 Å². The molecule has 378 valence electrons. The molecule has 0 radical (unpaired) electrons. The standard InChI is InChI=1S/C57H101N5O4/c1-6-10-12-14-16-18-20-22-24-26-28-30-32-34-36-38-52(63)61(46-8-3)54(50-40-41-50)56(65)58-44-48-60(5)49-45-59-57(66)55(51-42-43-51)62(47-9-4)53(64)39-37-35-33-31-29-27-25-23-21-19-17-15-13-11-7-2/h16-19,22-25,50-51,54-55H,6-15,20-21,26-49H2,1-5H3,(H,58,65)(H,59,66)/b18-16-,19-17-,24-22-,25-23-. The fraction of sp³-hybridized carbons (Fsp3) is 0.789. The Morgan fingerprint density at radius 3 is 1.11 bits per heavy atom. The van der Waals surface area contributed by atoms with Gasteiger partial charge in [0.15, 0.2) is 0 Å². The summed E-state index contributed by atoms with van der Waals surface area (Å²) in [5.74, 6) is 0.664. The molecule has 2 saturated carbocycles. The van der Waals surface area contributed by atoms with Gasteiger partial charge in [0.1, 0.15) is 12.1 Å². The number of hydrogen-bond acceptors (Lipinski definition) is 5. The fourth-order valence-corrected chi connectivity index (χ4v) is 8.89. The second-order valence-corrected chi connectivity index (χ2v) is 19.6. The van der Waals surface area contributed by atoms with E-state index in [2.05, 4.69) is 91.8 Å². The van der Waals surface area contributed by atoms with E-state index >= 15 is 0 Å². The quantitative estimate of drug-likeness (QED) is 0.0468. The maximum absolute atomic E-state index is 13.6. The van der Waals surface area contributed by atoms with Crippen molar-refractivity contribution in [3.8, 4) is 0 Å². The van der Waals surface area contributed by atoms with E-state index in [-0.39, 0.29) is 47.5 Å². The van der Waals surface area contributed by atoms with Crippen LogP contribution in [0.4, 0.5) is 0 Å². The molecule has 0 aromatic heterocycles. The third-order valence-corrected chi connectivity index (χ3v) is 13.2. The molecule has 0 aromatic carbocycles. The topological polar surface area (TPSA) is 102 Å². The second kappa shape index (κ2) is 39.8. The van der Waals surface area contributed by atoms with Crippen LogP contribution in [-0.4, -0.2) is 96.7 Å². The Morgan fingerprint density at radius 1 is 0.439 bits per heavy atom. The van der Waals surface area contributed by atoms with Crippen molar-refractivity contribution in [2.45, 2.75) is 232 Å². The Bertz CT molecular complexity index is 1280. The molecule has 0 aromatic rings. The van der Waals surface area contributed by atoms with Gasteiger partial charge in [-0.3, -0.25) is 19.2 Å². The van der Waals surface area contributed by atoms with E-state index in [4.69, 9.17) is 0 Å². The lowest BCUT2D eigenvalue weighted by atomic mass is 10.1. The Balaban J connectivity index is 1.67. The van der Waals surface area contributed by atoms with E-state index in [1.165, 1.54) is 77.0 Å². The minimum absolute atomic E-state index is 0.0335. The van der Waals surface area contributed by atoms with E-state index < -0.39 is 0 Å². The molecule has 0 spiro atoms. The predicted molar refractivity (Wildman–Crippen MR) is 279 cm³/mol. The van der Waals surface area contributed by atoms with Crippen LogP contribution in [0.25, 0.3) is 0 Å². The first-order valence-corrected chi connectivity index (χ1v) is 27.7. The average Bonchev–Trinajstić information content (AvgIpc) is 4.26. The molecule has 2 atom stereocenters. The second-order valence-electron chi connectivity index (χ2n) is 19.6. The van der Waals surface area contributed by atoms with Crippen LogP contribution in [0, 0.1) is 11.8 Å². The molecular formula is C57H101N5O4. The maximum Gasteiger partial charge on any atom is 0.243 e. The highest BCUT2D eigenvalue weighted by Gasteiger charge is 2.42. The number of nitrogens with one attached hydrogen (secondary N) is 2. The smallest absolute Gasteiger partial charge is 0.243 e. The number of allylic oxidation sites excluding steroid dienone is 8. The van der Waals surface area contributed by atoms with Crippen LogP contribution in [0.5, 0.6) is 0 Å². The van der Waals surface area contributed by atoms with Gasteiger partial charge < -0.3 is 25.3 Å². The molecule has 2 unspecified atom stereocenters. The van der Waals surface area contributed by atoms with E-state index in [1.807, 2.05) is 16.8 Å². The third kappa shape index (κ3) is 28.9. The molecule has 0 saturated heterocycles. The van der Waals surface area contributed by atoms with Crippen LogP contribution in [0.1, 0.15) is 220 Å². The van der Waals surface area contributed by atoms with E-state index in [0.717, 1.165) is 103 Å². The normalized spacial score (nSPS) is 15.1. The van der Waals surface area contributed by atoms with Crippen molar-refractivity contribution in [1.29, 1.82) is 0 Å². The fourth-order valence-electron chi connectivity index (χ4n) is 8.89. The monoisotopic (exact) mass is 920 g/mol. The zero-order chi connectivity index (χ0) is 47.9. The van der Waals surface area contributed by atoms with E-state index in [9.17, 15) is 19.2 Å². The van der Waals surface area contributed by atoms with Crippen LogP contribution in [-0.2, 0) is 19.2 Å².